The Bertz CT molecular complexity index is 971. The van der Waals surface area contributed by atoms with Crippen molar-refractivity contribution in [3.05, 3.63) is 48.1 Å². The van der Waals surface area contributed by atoms with Gasteiger partial charge in [-0.2, -0.15) is 0 Å². The number of hydrogen-bond acceptors (Lipinski definition) is 6. The summed E-state index contributed by atoms with van der Waals surface area (Å²) in [5.74, 6) is -0.0502. The Hall–Kier alpha value is -2.91. The molecule has 1 amide bonds. The van der Waals surface area contributed by atoms with Gasteiger partial charge in [-0.05, 0) is 57.2 Å². The predicted octanol–water partition coefficient (Wildman–Crippen LogP) is 5.14. The fraction of sp³-hybridized carbons (Fsp3) is 0.435. The monoisotopic (exact) mass is 459 g/mol. The molecule has 0 aliphatic heterocycles. The molecule has 0 fully saturated rings. The summed E-state index contributed by atoms with van der Waals surface area (Å²) >= 11 is 0. The highest BCUT2D eigenvalue weighted by Crippen LogP contribution is 2.23. The molecule has 1 aromatic heterocycles. The number of hydrogen-bond donors (Lipinski definition) is 2. The summed E-state index contributed by atoms with van der Waals surface area (Å²) in [6, 6.07) is 5.31. The largest absolute Gasteiger partial charge is 0.507 e. The van der Waals surface area contributed by atoms with Gasteiger partial charge in [-0.1, -0.05) is 19.6 Å². The zero-order valence-electron chi connectivity index (χ0n) is 19.6. The van der Waals surface area contributed by atoms with Crippen LogP contribution in [-0.2, 0) is 16.2 Å². The number of phenolic OH excluding ortho intramolecular Hbond substituents is 1. The SMILES string of the molecule is CC(C)(C)OC(=O)Nc1ccc(O)c(C(=O)/C=C/c2nccn2COCC[Si](C)(C)C)c1. The zero-order valence-corrected chi connectivity index (χ0v) is 20.6. The first kappa shape index (κ1) is 25.3. The minimum Gasteiger partial charge on any atom is -0.507 e. The van der Waals surface area contributed by atoms with Gasteiger partial charge in [0.2, 0.25) is 0 Å². The maximum absolute atomic E-state index is 12.7. The Balaban J connectivity index is 2.04. The Kier molecular flexibility index (Phi) is 8.40. The lowest BCUT2D eigenvalue weighted by atomic mass is 10.1. The summed E-state index contributed by atoms with van der Waals surface area (Å²) in [4.78, 5) is 28.9. The molecule has 0 saturated heterocycles. The van der Waals surface area contributed by atoms with Crippen molar-refractivity contribution < 1.29 is 24.2 Å². The number of benzene rings is 1. The summed E-state index contributed by atoms with van der Waals surface area (Å²) in [6.45, 7) is 13.2. The third-order valence-corrected chi connectivity index (χ3v) is 5.97. The molecule has 0 saturated carbocycles. The molecular weight excluding hydrogens is 426 g/mol. The van der Waals surface area contributed by atoms with E-state index in [1.807, 2.05) is 0 Å². The summed E-state index contributed by atoms with van der Waals surface area (Å²) in [7, 11) is -1.16. The third-order valence-electron chi connectivity index (χ3n) is 4.27. The first-order valence-electron chi connectivity index (χ1n) is 10.5. The van der Waals surface area contributed by atoms with Gasteiger partial charge in [0.1, 0.15) is 23.9 Å². The average Bonchev–Trinajstić information content (AvgIpc) is 3.10. The Labute approximate surface area is 190 Å². The van der Waals surface area contributed by atoms with E-state index >= 15 is 0 Å². The number of imidazole rings is 1. The van der Waals surface area contributed by atoms with Crippen LogP contribution < -0.4 is 5.32 Å². The number of aromatic hydroxyl groups is 1. The van der Waals surface area contributed by atoms with Gasteiger partial charge in [0.15, 0.2) is 5.78 Å². The number of nitrogens with one attached hydrogen (secondary N) is 1. The summed E-state index contributed by atoms with van der Waals surface area (Å²) in [5, 5.41) is 12.7. The predicted molar refractivity (Wildman–Crippen MR) is 128 cm³/mol. The highest BCUT2D eigenvalue weighted by molar-refractivity contribution is 6.76. The van der Waals surface area contributed by atoms with Gasteiger partial charge in [0.05, 0.1) is 5.56 Å². The number of ketones is 1. The van der Waals surface area contributed by atoms with E-state index in [4.69, 9.17) is 9.47 Å². The van der Waals surface area contributed by atoms with Crippen LogP contribution in [0.4, 0.5) is 10.5 Å². The molecule has 174 valence electrons. The van der Waals surface area contributed by atoms with E-state index in [0.29, 0.717) is 24.8 Å². The van der Waals surface area contributed by atoms with Crippen molar-refractivity contribution in [3.63, 3.8) is 0 Å². The van der Waals surface area contributed by atoms with Gasteiger partial charge in [0, 0.05) is 32.8 Å². The van der Waals surface area contributed by atoms with Crippen LogP contribution >= 0.6 is 0 Å². The topological polar surface area (TPSA) is 103 Å². The smallest absolute Gasteiger partial charge is 0.412 e. The molecule has 0 radical (unpaired) electrons. The standard InChI is InChI=1S/C23H33N3O5Si/c1-23(2,3)31-22(29)25-17-7-8-19(27)18(15-17)20(28)9-10-21-24-11-12-26(21)16-30-13-14-32(4,5)6/h7-12,15,27H,13-14,16H2,1-6H3,(H,25,29)/b10-9+. The van der Waals surface area contributed by atoms with E-state index in [-0.39, 0.29) is 11.3 Å². The Morgan fingerprint density at radius 1 is 1.25 bits per heavy atom. The normalized spacial score (nSPS) is 12.2. The molecule has 0 atom stereocenters. The van der Waals surface area contributed by atoms with Gasteiger partial charge in [-0.25, -0.2) is 9.78 Å². The quantitative estimate of drug-likeness (QED) is 0.177. The number of aromatic nitrogens is 2. The van der Waals surface area contributed by atoms with Crippen LogP contribution in [0.25, 0.3) is 6.08 Å². The molecule has 2 N–H and O–H groups in total. The van der Waals surface area contributed by atoms with Gasteiger partial charge < -0.3 is 19.1 Å². The Morgan fingerprint density at radius 2 is 1.97 bits per heavy atom. The molecule has 2 rings (SSSR count). The maximum Gasteiger partial charge on any atom is 0.412 e. The number of carbonyl (C=O) groups is 2. The molecule has 0 unspecified atom stereocenters. The van der Waals surface area contributed by atoms with Crippen molar-refractivity contribution in [1.29, 1.82) is 0 Å². The molecule has 1 aromatic carbocycles. The number of allylic oxidation sites excluding steroid dienone is 1. The minimum absolute atomic E-state index is 0.0549. The van der Waals surface area contributed by atoms with Crippen LogP contribution in [0.1, 0.15) is 37.0 Å². The molecule has 9 heteroatoms. The van der Waals surface area contributed by atoms with Crippen LogP contribution in [0, 0.1) is 0 Å². The lowest BCUT2D eigenvalue weighted by Crippen LogP contribution is -2.27. The van der Waals surface area contributed by atoms with Crippen molar-refractivity contribution in [2.75, 3.05) is 11.9 Å². The second-order valence-corrected chi connectivity index (χ2v) is 15.3. The zero-order chi connectivity index (χ0) is 23.9. The fourth-order valence-corrected chi connectivity index (χ4v) is 3.36. The average molecular weight is 460 g/mol. The molecule has 1 heterocycles. The van der Waals surface area contributed by atoms with E-state index in [1.165, 1.54) is 24.3 Å². The number of amides is 1. The number of phenols is 1. The highest BCUT2D eigenvalue weighted by Gasteiger charge is 2.17. The summed E-state index contributed by atoms with van der Waals surface area (Å²) in [5.41, 5.74) is -0.256. The second-order valence-electron chi connectivity index (χ2n) is 9.66. The van der Waals surface area contributed by atoms with E-state index in [1.54, 1.807) is 43.8 Å². The van der Waals surface area contributed by atoms with Crippen molar-refractivity contribution in [2.45, 2.75) is 58.8 Å². The van der Waals surface area contributed by atoms with Crippen LogP contribution in [0.2, 0.25) is 25.7 Å². The van der Waals surface area contributed by atoms with Gasteiger partial charge in [-0.15, -0.1) is 0 Å². The van der Waals surface area contributed by atoms with Crippen molar-refractivity contribution in [3.8, 4) is 5.75 Å². The van der Waals surface area contributed by atoms with Crippen LogP contribution in [0.15, 0.2) is 36.7 Å². The molecule has 0 aliphatic carbocycles. The van der Waals surface area contributed by atoms with E-state index in [9.17, 15) is 14.7 Å². The number of nitrogens with zero attached hydrogens (tertiary/aromatic N) is 2. The van der Waals surface area contributed by atoms with Gasteiger partial charge >= 0.3 is 6.09 Å². The van der Waals surface area contributed by atoms with Crippen LogP contribution in [-0.4, -0.2) is 46.8 Å². The van der Waals surface area contributed by atoms with Crippen LogP contribution in [0.3, 0.4) is 0 Å². The first-order valence-corrected chi connectivity index (χ1v) is 14.2. The molecule has 0 bridgehead atoms. The van der Waals surface area contributed by atoms with Gasteiger partial charge in [-0.3, -0.25) is 10.1 Å². The highest BCUT2D eigenvalue weighted by atomic mass is 28.3. The molecule has 0 spiro atoms. The third kappa shape index (κ3) is 8.68. The van der Waals surface area contributed by atoms with E-state index in [2.05, 4.69) is 29.9 Å². The lowest BCUT2D eigenvalue weighted by Gasteiger charge is -2.19. The molecule has 2 aromatic rings. The number of carbonyl (C=O) groups excluding carboxylic acids is 2. The Morgan fingerprint density at radius 3 is 2.62 bits per heavy atom. The number of ether oxygens (including phenoxy) is 2. The molecule has 32 heavy (non-hydrogen) atoms. The summed E-state index contributed by atoms with van der Waals surface area (Å²) in [6.07, 6.45) is 5.66. The van der Waals surface area contributed by atoms with Crippen molar-refractivity contribution >= 4 is 31.7 Å². The molecule has 0 aliphatic rings. The lowest BCUT2D eigenvalue weighted by molar-refractivity contribution is 0.0635. The molecular formula is C23H33N3O5Si. The van der Waals surface area contributed by atoms with Crippen LogP contribution in [0.5, 0.6) is 5.75 Å². The maximum atomic E-state index is 12.7. The van der Waals surface area contributed by atoms with E-state index in [0.717, 1.165) is 6.04 Å². The number of rotatable bonds is 9. The first-order chi connectivity index (χ1) is 14.8. The van der Waals surface area contributed by atoms with E-state index < -0.39 is 25.6 Å². The van der Waals surface area contributed by atoms with Gasteiger partial charge in [0.25, 0.3) is 0 Å². The second kappa shape index (κ2) is 10.6. The summed E-state index contributed by atoms with van der Waals surface area (Å²) < 4.78 is 12.7. The van der Waals surface area contributed by atoms with Crippen molar-refractivity contribution in [2.24, 2.45) is 0 Å². The fourth-order valence-electron chi connectivity index (χ4n) is 2.60. The number of anilines is 1. The minimum atomic E-state index is -1.16. The van der Waals surface area contributed by atoms with Crippen molar-refractivity contribution in [1.82, 2.24) is 9.55 Å². The molecule has 8 nitrogen and oxygen atoms in total.